The zero-order valence-corrected chi connectivity index (χ0v) is 17.8. The molecule has 0 atom stereocenters. The highest BCUT2D eigenvalue weighted by atomic mass is 19.1. The minimum atomic E-state index is -0.0208. The van der Waals surface area contributed by atoms with Gasteiger partial charge in [-0.25, -0.2) is 4.39 Å². The molecular formula is C27H35FO. The van der Waals surface area contributed by atoms with Crippen LogP contribution >= 0.6 is 0 Å². The van der Waals surface area contributed by atoms with E-state index >= 15 is 4.39 Å². The molecule has 0 radical (unpaired) electrons. The summed E-state index contributed by atoms with van der Waals surface area (Å²) in [6.07, 6.45) is 15.2. The molecule has 29 heavy (non-hydrogen) atoms. The quantitative estimate of drug-likeness (QED) is 0.450. The summed E-state index contributed by atoms with van der Waals surface area (Å²) in [5.74, 6) is 3.67. The lowest BCUT2D eigenvalue weighted by atomic mass is 9.74. The van der Waals surface area contributed by atoms with E-state index in [2.05, 4.69) is 18.7 Å². The Kier molecular flexibility index (Phi) is 6.57. The number of allylic oxidation sites excluding steroid dienone is 1. The maximum Gasteiger partial charge on any atom is 0.134 e. The minimum absolute atomic E-state index is 0.0208. The minimum Gasteiger partial charge on any atom is -0.497 e. The summed E-state index contributed by atoms with van der Waals surface area (Å²) in [6.45, 7) is 3.96. The highest BCUT2D eigenvalue weighted by Gasteiger charge is 2.26. The van der Waals surface area contributed by atoms with Crippen LogP contribution in [-0.4, -0.2) is 7.11 Å². The summed E-state index contributed by atoms with van der Waals surface area (Å²) in [5.41, 5.74) is 0.920. The van der Waals surface area contributed by atoms with Crippen LogP contribution in [0.15, 0.2) is 43.0 Å². The van der Waals surface area contributed by atoms with Crippen molar-refractivity contribution in [1.29, 1.82) is 0 Å². The van der Waals surface area contributed by atoms with Gasteiger partial charge in [-0.15, -0.1) is 6.58 Å². The fourth-order valence-corrected chi connectivity index (χ4v) is 5.68. The van der Waals surface area contributed by atoms with Gasteiger partial charge >= 0.3 is 0 Å². The first-order chi connectivity index (χ1) is 14.2. The van der Waals surface area contributed by atoms with Gasteiger partial charge in [-0.2, -0.15) is 0 Å². The van der Waals surface area contributed by atoms with E-state index in [9.17, 15) is 0 Å². The standard InChI is InChI=1S/C27H35FO/c1-3-19-4-6-20(7-5-19)8-9-21-10-12-22(13-11-21)25-16-14-23-18-24(29-2)15-17-26(23)27(25)28/h3,14-22H,1,4-13H2,2H3. The smallest absolute Gasteiger partial charge is 0.134 e. The Balaban J connectivity index is 1.31. The van der Waals surface area contributed by atoms with Crippen molar-refractivity contribution >= 4 is 10.8 Å². The number of rotatable bonds is 6. The van der Waals surface area contributed by atoms with Crippen LogP contribution in [0.25, 0.3) is 10.8 Å². The number of halogens is 1. The van der Waals surface area contributed by atoms with Gasteiger partial charge in [-0.1, -0.05) is 31.1 Å². The Morgan fingerprint density at radius 2 is 1.59 bits per heavy atom. The molecule has 0 bridgehead atoms. The lowest BCUT2D eigenvalue weighted by Crippen LogP contribution is -2.17. The lowest BCUT2D eigenvalue weighted by molar-refractivity contribution is 0.245. The first kappa shape index (κ1) is 20.4. The number of ether oxygens (including phenoxy) is 1. The van der Waals surface area contributed by atoms with E-state index in [0.29, 0.717) is 5.92 Å². The van der Waals surface area contributed by atoms with Crippen molar-refractivity contribution in [1.82, 2.24) is 0 Å². The zero-order chi connectivity index (χ0) is 20.2. The van der Waals surface area contributed by atoms with Crippen molar-refractivity contribution in [2.75, 3.05) is 7.11 Å². The molecule has 156 valence electrons. The van der Waals surface area contributed by atoms with Gasteiger partial charge in [0.25, 0.3) is 0 Å². The molecule has 2 aliphatic rings. The van der Waals surface area contributed by atoms with E-state index in [0.717, 1.165) is 52.7 Å². The number of benzene rings is 2. The van der Waals surface area contributed by atoms with Crippen LogP contribution in [0.2, 0.25) is 0 Å². The third kappa shape index (κ3) is 4.68. The molecule has 2 heteroatoms. The van der Waals surface area contributed by atoms with Gasteiger partial charge in [0.15, 0.2) is 0 Å². The van der Waals surface area contributed by atoms with E-state index in [-0.39, 0.29) is 5.82 Å². The van der Waals surface area contributed by atoms with E-state index < -0.39 is 0 Å². The van der Waals surface area contributed by atoms with Crippen molar-refractivity contribution in [3.05, 3.63) is 54.4 Å². The Labute approximate surface area is 175 Å². The summed E-state index contributed by atoms with van der Waals surface area (Å²) < 4.78 is 20.5. The molecule has 0 saturated heterocycles. The molecule has 2 aromatic carbocycles. The van der Waals surface area contributed by atoms with Crippen LogP contribution in [0.1, 0.15) is 75.7 Å². The molecule has 4 rings (SSSR count). The normalized spacial score (nSPS) is 27.7. The molecule has 2 aliphatic carbocycles. The predicted octanol–water partition coefficient (Wildman–Crippen LogP) is 8.03. The fourth-order valence-electron chi connectivity index (χ4n) is 5.68. The predicted molar refractivity (Wildman–Crippen MR) is 120 cm³/mol. The topological polar surface area (TPSA) is 9.23 Å². The Bertz CT molecular complexity index is 826. The molecule has 2 saturated carbocycles. The third-order valence-corrected chi connectivity index (χ3v) is 7.69. The molecule has 2 aromatic rings. The SMILES string of the molecule is C=CC1CCC(CCC2CCC(c3ccc4cc(OC)ccc4c3F)CC2)CC1. The highest BCUT2D eigenvalue weighted by molar-refractivity contribution is 5.85. The first-order valence-electron chi connectivity index (χ1n) is 11.6. The van der Waals surface area contributed by atoms with Crippen LogP contribution in [0.4, 0.5) is 4.39 Å². The second kappa shape index (κ2) is 9.32. The van der Waals surface area contributed by atoms with Gasteiger partial charge in [-0.3, -0.25) is 0 Å². The van der Waals surface area contributed by atoms with Gasteiger partial charge < -0.3 is 4.74 Å². The van der Waals surface area contributed by atoms with Crippen LogP contribution in [0, 0.1) is 23.6 Å². The van der Waals surface area contributed by atoms with Gasteiger partial charge in [-0.05, 0) is 104 Å². The van der Waals surface area contributed by atoms with E-state index in [4.69, 9.17) is 4.74 Å². The molecular weight excluding hydrogens is 359 g/mol. The molecule has 1 nitrogen and oxygen atoms in total. The second-order valence-electron chi connectivity index (χ2n) is 9.37. The van der Waals surface area contributed by atoms with Crippen LogP contribution < -0.4 is 4.74 Å². The van der Waals surface area contributed by atoms with Gasteiger partial charge in [0.2, 0.25) is 0 Å². The fraction of sp³-hybridized carbons (Fsp3) is 0.556. The van der Waals surface area contributed by atoms with Crippen LogP contribution in [0.3, 0.4) is 0 Å². The molecule has 2 fully saturated rings. The van der Waals surface area contributed by atoms with Crippen molar-refractivity contribution in [3.8, 4) is 5.75 Å². The van der Waals surface area contributed by atoms with Gasteiger partial charge in [0.1, 0.15) is 11.6 Å². The zero-order valence-electron chi connectivity index (χ0n) is 17.8. The average molecular weight is 395 g/mol. The molecule has 0 amide bonds. The summed E-state index contributed by atoms with van der Waals surface area (Å²) in [6, 6.07) is 9.71. The Morgan fingerprint density at radius 1 is 0.931 bits per heavy atom. The third-order valence-electron chi connectivity index (χ3n) is 7.69. The number of hydrogen-bond donors (Lipinski definition) is 0. The molecule has 0 spiro atoms. The lowest BCUT2D eigenvalue weighted by Gasteiger charge is -2.31. The number of hydrogen-bond acceptors (Lipinski definition) is 1. The highest BCUT2D eigenvalue weighted by Crippen LogP contribution is 2.41. The average Bonchev–Trinajstić information content (AvgIpc) is 2.78. The summed E-state index contributed by atoms with van der Waals surface area (Å²) in [4.78, 5) is 0. The van der Waals surface area contributed by atoms with Crippen molar-refractivity contribution in [2.24, 2.45) is 17.8 Å². The maximum absolute atomic E-state index is 15.2. The first-order valence-corrected chi connectivity index (χ1v) is 11.6. The molecule has 0 heterocycles. The molecule has 0 aromatic heterocycles. The number of methoxy groups -OCH3 is 1. The van der Waals surface area contributed by atoms with Crippen LogP contribution in [-0.2, 0) is 0 Å². The maximum atomic E-state index is 15.2. The van der Waals surface area contributed by atoms with Crippen LogP contribution in [0.5, 0.6) is 5.75 Å². The van der Waals surface area contributed by atoms with Crippen molar-refractivity contribution in [2.45, 2.75) is 70.1 Å². The second-order valence-corrected chi connectivity index (χ2v) is 9.37. The number of fused-ring (bicyclic) bond motifs is 1. The monoisotopic (exact) mass is 394 g/mol. The van der Waals surface area contributed by atoms with Crippen molar-refractivity contribution < 1.29 is 9.13 Å². The summed E-state index contributed by atoms with van der Waals surface area (Å²) in [5, 5.41) is 1.64. The van der Waals surface area contributed by atoms with E-state index in [1.165, 1.54) is 51.4 Å². The van der Waals surface area contributed by atoms with E-state index in [1.807, 2.05) is 24.3 Å². The Hall–Kier alpha value is -1.83. The summed E-state index contributed by atoms with van der Waals surface area (Å²) in [7, 11) is 1.65. The van der Waals surface area contributed by atoms with Gasteiger partial charge in [0.05, 0.1) is 7.11 Å². The molecule has 0 aliphatic heterocycles. The van der Waals surface area contributed by atoms with Gasteiger partial charge in [0, 0.05) is 5.39 Å². The Morgan fingerprint density at radius 3 is 2.21 bits per heavy atom. The van der Waals surface area contributed by atoms with E-state index in [1.54, 1.807) is 7.11 Å². The molecule has 0 N–H and O–H groups in total. The summed E-state index contributed by atoms with van der Waals surface area (Å²) >= 11 is 0. The molecule has 0 unspecified atom stereocenters. The largest absolute Gasteiger partial charge is 0.497 e. The van der Waals surface area contributed by atoms with Crippen molar-refractivity contribution in [3.63, 3.8) is 0 Å².